The van der Waals surface area contributed by atoms with Gasteiger partial charge in [-0.05, 0) is 30.4 Å². The molecule has 0 bridgehead atoms. The third-order valence-electron chi connectivity index (χ3n) is 3.39. The van der Waals surface area contributed by atoms with E-state index in [2.05, 4.69) is 5.43 Å². The van der Waals surface area contributed by atoms with E-state index in [9.17, 15) is 0 Å². The third kappa shape index (κ3) is 3.08. The van der Waals surface area contributed by atoms with Gasteiger partial charge in [-0.1, -0.05) is 25.7 Å². The Morgan fingerprint density at radius 2 is 2.27 bits per heavy atom. The van der Waals surface area contributed by atoms with Crippen LogP contribution in [0, 0.1) is 5.92 Å². The van der Waals surface area contributed by atoms with Crippen molar-refractivity contribution in [3.05, 3.63) is 24.2 Å². The van der Waals surface area contributed by atoms with E-state index in [-0.39, 0.29) is 0 Å². The minimum absolute atomic E-state index is 0.394. The summed E-state index contributed by atoms with van der Waals surface area (Å²) < 4.78 is 5.06. The quantitative estimate of drug-likeness (QED) is 0.576. The van der Waals surface area contributed by atoms with Gasteiger partial charge >= 0.3 is 0 Å². The van der Waals surface area contributed by atoms with Gasteiger partial charge < -0.3 is 4.42 Å². The first-order chi connectivity index (χ1) is 7.38. The van der Waals surface area contributed by atoms with Crippen LogP contribution in [0.2, 0.25) is 0 Å². The van der Waals surface area contributed by atoms with Gasteiger partial charge in [0.2, 0.25) is 0 Å². The van der Waals surface area contributed by atoms with Gasteiger partial charge in [0.1, 0.15) is 0 Å². The highest BCUT2D eigenvalue weighted by Gasteiger charge is 2.19. The maximum atomic E-state index is 5.59. The van der Waals surface area contributed by atoms with Gasteiger partial charge in [0, 0.05) is 6.04 Å². The van der Waals surface area contributed by atoms with E-state index in [4.69, 9.17) is 10.3 Å². The van der Waals surface area contributed by atoms with Crippen LogP contribution in [-0.4, -0.2) is 6.04 Å². The first kappa shape index (κ1) is 10.7. The first-order valence-electron chi connectivity index (χ1n) is 5.85. The zero-order chi connectivity index (χ0) is 10.5. The fourth-order valence-electron chi connectivity index (χ4n) is 2.55. The second kappa shape index (κ2) is 5.33. The maximum absolute atomic E-state index is 5.59. The average Bonchev–Trinajstić information content (AvgIpc) is 2.89. The highest BCUT2D eigenvalue weighted by Crippen LogP contribution is 2.29. The molecule has 1 aromatic heterocycles. The van der Waals surface area contributed by atoms with Crippen molar-refractivity contribution in [1.29, 1.82) is 0 Å². The summed E-state index contributed by atoms with van der Waals surface area (Å²) in [7, 11) is 0. The van der Waals surface area contributed by atoms with Crippen LogP contribution in [-0.2, 0) is 6.42 Å². The Kier molecular flexibility index (Phi) is 3.80. The van der Waals surface area contributed by atoms with Gasteiger partial charge in [-0.25, -0.2) is 0 Å². The number of hydrogen-bond donors (Lipinski definition) is 2. The summed E-state index contributed by atoms with van der Waals surface area (Å²) in [5.74, 6) is 6.46. The number of rotatable bonds is 5. The molecule has 0 radical (unpaired) electrons. The van der Waals surface area contributed by atoms with Crippen LogP contribution in [0.5, 0.6) is 0 Å². The van der Waals surface area contributed by atoms with Crippen molar-refractivity contribution in [2.45, 2.75) is 44.6 Å². The summed E-state index contributed by atoms with van der Waals surface area (Å²) in [5.41, 5.74) is 4.16. The topological polar surface area (TPSA) is 51.2 Å². The lowest BCUT2D eigenvalue weighted by molar-refractivity contribution is 0.388. The lowest BCUT2D eigenvalue weighted by Crippen LogP contribution is -2.37. The highest BCUT2D eigenvalue weighted by molar-refractivity contribution is 5.07. The Balaban J connectivity index is 1.81. The Morgan fingerprint density at radius 3 is 2.87 bits per heavy atom. The van der Waals surface area contributed by atoms with Crippen molar-refractivity contribution >= 4 is 0 Å². The van der Waals surface area contributed by atoms with Crippen LogP contribution in [0.25, 0.3) is 0 Å². The summed E-state index contributed by atoms with van der Waals surface area (Å²) in [6.45, 7) is 0. The van der Waals surface area contributed by atoms with Crippen LogP contribution in [0.15, 0.2) is 23.0 Å². The molecule has 1 atom stereocenters. The smallest absolute Gasteiger partial charge is 0.0935 e. The molecule has 3 N–H and O–H groups in total. The SMILES string of the molecule is NNC(Cc1ccoc1)CC1CCCC1. The highest BCUT2D eigenvalue weighted by atomic mass is 16.3. The molecule has 0 spiro atoms. The zero-order valence-electron chi connectivity index (χ0n) is 9.11. The predicted octanol–water partition coefficient (Wildman–Crippen LogP) is 2.23. The largest absolute Gasteiger partial charge is 0.472 e. The van der Waals surface area contributed by atoms with Gasteiger partial charge in [-0.15, -0.1) is 0 Å². The second-order valence-electron chi connectivity index (χ2n) is 4.59. The van der Waals surface area contributed by atoms with Gasteiger partial charge in [-0.2, -0.15) is 0 Å². The molecule has 1 aliphatic rings. The summed E-state index contributed by atoms with van der Waals surface area (Å²) in [4.78, 5) is 0. The number of hydrogen-bond acceptors (Lipinski definition) is 3. The third-order valence-corrected chi connectivity index (χ3v) is 3.39. The van der Waals surface area contributed by atoms with Gasteiger partial charge in [-0.3, -0.25) is 11.3 Å². The zero-order valence-corrected chi connectivity index (χ0v) is 9.11. The molecule has 1 aromatic rings. The molecule has 0 amide bonds. The summed E-state index contributed by atoms with van der Waals surface area (Å²) in [6, 6.07) is 2.41. The normalized spacial score (nSPS) is 19.5. The fourth-order valence-corrected chi connectivity index (χ4v) is 2.55. The molecule has 1 heterocycles. The predicted molar refractivity (Wildman–Crippen MR) is 60.1 cm³/mol. The molecule has 1 aliphatic carbocycles. The van der Waals surface area contributed by atoms with E-state index < -0.39 is 0 Å². The lowest BCUT2D eigenvalue weighted by Gasteiger charge is -2.18. The molecule has 2 rings (SSSR count). The molecule has 0 aromatic carbocycles. The maximum Gasteiger partial charge on any atom is 0.0935 e. The van der Waals surface area contributed by atoms with Crippen LogP contribution in [0.1, 0.15) is 37.7 Å². The molecule has 3 nitrogen and oxygen atoms in total. The molecule has 1 fully saturated rings. The number of nitrogens with one attached hydrogen (secondary N) is 1. The minimum atomic E-state index is 0.394. The van der Waals surface area contributed by atoms with Crippen molar-refractivity contribution in [2.75, 3.05) is 0 Å². The average molecular weight is 208 g/mol. The fraction of sp³-hybridized carbons (Fsp3) is 0.667. The summed E-state index contributed by atoms with van der Waals surface area (Å²) in [6.07, 6.45) is 11.2. The molecule has 0 aliphatic heterocycles. The molecule has 15 heavy (non-hydrogen) atoms. The van der Waals surface area contributed by atoms with Crippen molar-refractivity contribution in [1.82, 2.24) is 5.43 Å². The molecular weight excluding hydrogens is 188 g/mol. The van der Waals surface area contributed by atoms with E-state index in [1.807, 2.05) is 6.07 Å². The van der Waals surface area contributed by atoms with E-state index in [0.29, 0.717) is 6.04 Å². The van der Waals surface area contributed by atoms with Gasteiger partial charge in [0.05, 0.1) is 12.5 Å². The summed E-state index contributed by atoms with van der Waals surface area (Å²) >= 11 is 0. The standard InChI is InChI=1S/C12H20N2O/c13-14-12(7-10-3-1-2-4-10)8-11-5-6-15-9-11/h5-6,9-10,12,14H,1-4,7-8,13H2. The van der Waals surface area contributed by atoms with Crippen LogP contribution in [0.3, 0.4) is 0 Å². The van der Waals surface area contributed by atoms with Crippen molar-refractivity contribution in [3.8, 4) is 0 Å². The Labute approximate surface area is 91.0 Å². The van der Waals surface area contributed by atoms with Crippen molar-refractivity contribution < 1.29 is 4.42 Å². The Bertz CT molecular complexity index is 265. The Morgan fingerprint density at radius 1 is 1.47 bits per heavy atom. The van der Waals surface area contributed by atoms with Crippen LogP contribution >= 0.6 is 0 Å². The number of nitrogens with two attached hydrogens (primary N) is 1. The lowest BCUT2D eigenvalue weighted by atomic mass is 9.95. The molecule has 1 unspecified atom stereocenters. The van der Waals surface area contributed by atoms with E-state index in [0.717, 1.165) is 12.3 Å². The van der Waals surface area contributed by atoms with Crippen molar-refractivity contribution in [3.63, 3.8) is 0 Å². The second-order valence-corrected chi connectivity index (χ2v) is 4.59. The molecular formula is C12H20N2O. The molecule has 0 saturated heterocycles. The molecule has 84 valence electrons. The molecule has 3 heteroatoms. The van der Waals surface area contributed by atoms with E-state index in [1.54, 1.807) is 12.5 Å². The van der Waals surface area contributed by atoms with Crippen molar-refractivity contribution in [2.24, 2.45) is 11.8 Å². The van der Waals surface area contributed by atoms with E-state index in [1.165, 1.54) is 37.7 Å². The van der Waals surface area contributed by atoms with Gasteiger partial charge in [0.25, 0.3) is 0 Å². The Hall–Kier alpha value is -0.800. The van der Waals surface area contributed by atoms with Gasteiger partial charge in [0.15, 0.2) is 0 Å². The molecule has 1 saturated carbocycles. The summed E-state index contributed by atoms with van der Waals surface area (Å²) in [5, 5.41) is 0. The number of hydrazine groups is 1. The monoisotopic (exact) mass is 208 g/mol. The number of furan rings is 1. The first-order valence-corrected chi connectivity index (χ1v) is 5.85. The van der Waals surface area contributed by atoms with E-state index >= 15 is 0 Å². The van der Waals surface area contributed by atoms with Crippen LogP contribution in [0.4, 0.5) is 0 Å². The minimum Gasteiger partial charge on any atom is -0.472 e. The van der Waals surface area contributed by atoms with Crippen LogP contribution < -0.4 is 11.3 Å².